The predicted octanol–water partition coefficient (Wildman–Crippen LogP) is 2.42. The van der Waals surface area contributed by atoms with Crippen LogP contribution in [0.1, 0.15) is 12.8 Å². The Labute approximate surface area is 179 Å². The van der Waals surface area contributed by atoms with Gasteiger partial charge in [0, 0.05) is 57.7 Å². The summed E-state index contributed by atoms with van der Waals surface area (Å²) in [6, 6.07) is 3.98. The molecule has 1 aromatic carbocycles. The molecule has 8 heteroatoms. The summed E-state index contributed by atoms with van der Waals surface area (Å²) in [5.41, 5.74) is 0.860. The van der Waals surface area contributed by atoms with Gasteiger partial charge in [0.15, 0.2) is 0 Å². The molecule has 0 aliphatic carbocycles. The summed E-state index contributed by atoms with van der Waals surface area (Å²) in [5.74, 6) is 1.61. The maximum atomic E-state index is 6.34. The molecule has 0 bridgehead atoms. The van der Waals surface area contributed by atoms with Crippen molar-refractivity contribution in [2.75, 3.05) is 59.6 Å². The normalized spacial score (nSPS) is 19.8. The highest BCUT2D eigenvalue weighted by Gasteiger charge is 2.19. The molecule has 0 radical (unpaired) electrons. The van der Waals surface area contributed by atoms with Crippen molar-refractivity contribution in [1.82, 2.24) is 19.8 Å². The van der Waals surface area contributed by atoms with Gasteiger partial charge in [-0.25, -0.2) is 9.97 Å². The van der Waals surface area contributed by atoms with E-state index >= 15 is 0 Å². The van der Waals surface area contributed by atoms with Crippen LogP contribution >= 0.6 is 22.6 Å². The third kappa shape index (κ3) is 5.03. The molecule has 0 N–H and O–H groups in total. The SMILES string of the molecule is CN1CCN(CCOc2cc(OC3CCOCC3)c3c(I)ncnc3c2)CC1. The molecule has 1 aromatic heterocycles. The van der Waals surface area contributed by atoms with Gasteiger partial charge in [-0.15, -0.1) is 0 Å². The largest absolute Gasteiger partial charge is 0.492 e. The van der Waals surface area contributed by atoms with Crippen molar-refractivity contribution in [2.24, 2.45) is 0 Å². The Bertz CT molecular complexity index is 792. The highest BCUT2D eigenvalue weighted by atomic mass is 127. The van der Waals surface area contributed by atoms with E-state index in [0.29, 0.717) is 6.61 Å². The molecule has 2 aliphatic heterocycles. The molecule has 0 amide bonds. The second-order valence-corrected chi connectivity index (χ2v) is 8.42. The molecule has 4 rings (SSSR count). The van der Waals surface area contributed by atoms with E-state index in [1.165, 1.54) is 0 Å². The third-order valence-electron chi connectivity index (χ3n) is 5.36. The molecule has 2 fully saturated rings. The zero-order valence-corrected chi connectivity index (χ0v) is 18.4. The van der Waals surface area contributed by atoms with Crippen LogP contribution < -0.4 is 9.47 Å². The molecule has 7 nitrogen and oxygen atoms in total. The van der Waals surface area contributed by atoms with Gasteiger partial charge in [-0.3, -0.25) is 4.90 Å². The maximum absolute atomic E-state index is 6.34. The molecular weight excluding hydrogens is 471 g/mol. The number of piperazine rings is 1. The molecule has 0 atom stereocenters. The number of rotatable bonds is 6. The highest BCUT2D eigenvalue weighted by Crippen LogP contribution is 2.34. The molecule has 3 heterocycles. The number of hydrogen-bond acceptors (Lipinski definition) is 7. The quantitative estimate of drug-likeness (QED) is 0.448. The minimum atomic E-state index is 0.161. The second kappa shape index (κ2) is 9.51. The molecule has 2 aromatic rings. The first-order chi connectivity index (χ1) is 13.7. The lowest BCUT2D eigenvalue weighted by Crippen LogP contribution is -2.45. The van der Waals surface area contributed by atoms with Crippen LogP contribution in [0.3, 0.4) is 0 Å². The smallest absolute Gasteiger partial charge is 0.135 e. The third-order valence-corrected chi connectivity index (χ3v) is 6.18. The van der Waals surface area contributed by atoms with Gasteiger partial charge in [0.1, 0.15) is 34.2 Å². The topological polar surface area (TPSA) is 60.0 Å². The summed E-state index contributed by atoms with van der Waals surface area (Å²) < 4.78 is 18.8. The van der Waals surface area contributed by atoms with E-state index in [4.69, 9.17) is 14.2 Å². The Kier molecular flexibility index (Phi) is 6.81. The zero-order valence-electron chi connectivity index (χ0n) is 16.3. The summed E-state index contributed by atoms with van der Waals surface area (Å²) in [7, 11) is 2.17. The summed E-state index contributed by atoms with van der Waals surface area (Å²) in [6.45, 7) is 7.53. The highest BCUT2D eigenvalue weighted by molar-refractivity contribution is 14.1. The average Bonchev–Trinajstić information content (AvgIpc) is 2.70. The van der Waals surface area contributed by atoms with Crippen molar-refractivity contribution in [2.45, 2.75) is 18.9 Å². The van der Waals surface area contributed by atoms with Gasteiger partial charge in [0.25, 0.3) is 0 Å². The van der Waals surface area contributed by atoms with Crippen LogP contribution in [-0.2, 0) is 4.74 Å². The second-order valence-electron chi connectivity index (χ2n) is 7.40. The molecule has 0 unspecified atom stereocenters. The lowest BCUT2D eigenvalue weighted by Gasteiger charge is -2.32. The van der Waals surface area contributed by atoms with Crippen LogP contribution in [0.25, 0.3) is 10.9 Å². The summed E-state index contributed by atoms with van der Waals surface area (Å²) in [4.78, 5) is 13.6. The predicted molar refractivity (Wildman–Crippen MR) is 116 cm³/mol. The fourth-order valence-electron chi connectivity index (χ4n) is 3.61. The summed E-state index contributed by atoms with van der Waals surface area (Å²) in [6.07, 6.45) is 3.56. The number of likely N-dealkylation sites (N-methyl/N-ethyl adjacent to an activating group) is 1. The molecule has 2 aliphatic rings. The van der Waals surface area contributed by atoms with Crippen LogP contribution in [-0.4, -0.2) is 85.5 Å². The fraction of sp³-hybridized carbons (Fsp3) is 0.600. The van der Waals surface area contributed by atoms with Crippen molar-refractivity contribution in [3.05, 3.63) is 22.2 Å². The molecule has 2 saturated heterocycles. The first-order valence-corrected chi connectivity index (χ1v) is 11.0. The van der Waals surface area contributed by atoms with Crippen LogP contribution in [0.4, 0.5) is 0 Å². The molecule has 152 valence electrons. The van der Waals surface area contributed by atoms with E-state index in [0.717, 1.165) is 84.9 Å². The van der Waals surface area contributed by atoms with E-state index in [2.05, 4.69) is 49.4 Å². The van der Waals surface area contributed by atoms with E-state index in [-0.39, 0.29) is 6.10 Å². The Hall–Kier alpha value is -1.23. The molecule has 28 heavy (non-hydrogen) atoms. The number of nitrogens with zero attached hydrogens (tertiary/aromatic N) is 4. The fourth-order valence-corrected chi connectivity index (χ4v) is 4.27. The standard InChI is InChI=1S/C20H27IN4O3/c1-24-4-6-25(7-5-24)8-11-27-16-12-17-19(20(21)23-14-22-17)18(13-16)28-15-2-9-26-10-3-15/h12-15H,2-11H2,1H3. The molecule has 0 spiro atoms. The van der Waals surface area contributed by atoms with Crippen molar-refractivity contribution < 1.29 is 14.2 Å². The van der Waals surface area contributed by atoms with Gasteiger partial charge in [-0.05, 0) is 29.6 Å². The molecule has 0 saturated carbocycles. The number of benzene rings is 1. The summed E-state index contributed by atoms with van der Waals surface area (Å²) in [5, 5.41) is 0.959. The van der Waals surface area contributed by atoms with E-state index < -0.39 is 0 Å². The van der Waals surface area contributed by atoms with Crippen molar-refractivity contribution in [1.29, 1.82) is 0 Å². The molecular formula is C20H27IN4O3. The Morgan fingerprint density at radius 3 is 2.71 bits per heavy atom. The maximum Gasteiger partial charge on any atom is 0.135 e. The van der Waals surface area contributed by atoms with E-state index in [1.807, 2.05) is 12.1 Å². The monoisotopic (exact) mass is 498 g/mol. The number of hydrogen-bond donors (Lipinski definition) is 0. The van der Waals surface area contributed by atoms with E-state index in [9.17, 15) is 0 Å². The average molecular weight is 498 g/mol. The Morgan fingerprint density at radius 2 is 1.93 bits per heavy atom. The lowest BCUT2D eigenvalue weighted by atomic mass is 10.1. The van der Waals surface area contributed by atoms with Gasteiger partial charge < -0.3 is 19.1 Å². The van der Waals surface area contributed by atoms with Gasteiger partial charge in [0.2, 0.25) is 0 Å². The van der Waals surface area contributed by atoms with Crippen LogP contribution in [0, 0.1) is 3.70 Å². The first-order valence-electron chi connectivity index (χ1n) is 9.91. The van der Waals surface area contributed by atoms with Gasteiger partial charge in [0.05, 0.1) is 24.1 Å². The number of aromatic nitrogens is 2. The van der Waals surface area contributed by atoms with Crippen LogP contribution in [0.2, 0.25) is 0 Å². The minimum absolute atomic E-state index is 0.161. The van der Waals surface area contributed by atoms with Gasteiger partial charge >= 0.3 is 0 Å². The van der Waals surface area contributed by atoms with Crippen LogP contribution in [0.15, 0.2) is 18.5 Å². The number of ether oxygens (including phenoxy) is 3. The van der Waals surface area contributed by atoms with Crippen molar-refractivity contribution in [3.8, 4) is 11.5 Å². The van der Waals surface area contributed by atoms with Crippen molar-refractivity contribution in [3.63, 3.8) is 0 Å². The Morgan fingerprint density at radius 1 is 1.14 bits per heavy atom. The van der Waals surface area contributed by atoms with Gasteiger partial charge in [-0.1, -0.05) is 0 Å². The van der Waals surface area contributed by atoms with Gasteiger partial charge in [-0.2, -0.15) is 0 Å². The number of halogens is 1. The Balaban J connectivity index is 1.47. The minimum Gasteiger partial charge on any atom is -0.492 e. The van der Waals surface area contributed by atoms with Crippen molar-refractivity contribution >= 4 is 33.5 Å². The van der Waals surface area contributed by atoms with Crippen LogP contribution in [0.5, 0.6) is 11.5 Å². The zero-order chi connectivity index (χ0) is 19.3. The lowest BCUT2D eigenvalue weighted by molar-refractivity contribution is 0.0260. The first kappa shape index (κ1) is 20.1. The summed E-state index contributed by atoms with van der Waals surface area (Å²) >= 11 is 2.24. The van der Waals surface area contributed by atoms with E-state index in [1.54, 1.807) is 6.33 Å². The number of fused-ring (bicyclic) bond motifs is 1.